The Hall–Kier alpha value is -2.51. The van der Waals surface area contributed by atoms with Gasteiger partial charge in [0, 0.05) is 19.7 Å². The van der Waals surface area contributed by atoms with E-state index in [2.05, 4.69) is 25.8 Å². The first kappa shape index (κ1) is 13.9. The molecule has 2 heterocycles. The highest BCUT2D eigenvalue weighted by Crippen LogP contribution is 2.14. The molecule has 0 aromatic carbocycles. The molecular weight excluding hydrogens is 265 g/mol. The summed E-state index contributed by atoms with van der Waals surface area (Å²) in [5.41, 5.74) is -0.0869. The molecule has 106 valence electrons. The molecule has 20 heavy (non-hydrogen) atoms. The third-order valence-electron chi connectivity index (χ3n) is 2.45. The minimum atomic E-state index is -0.684. The van der Waals surface area contributed by atoms with E-state index in [0.717, 1.165) is 0 Å². The summed E-state index contributed by atoms with van der Waals surface area (Å²) in [7, 11) is 0. The number of hydrogen-bond donors (Lipinski definition) is 2. The lowest BCUT2D eigenvalue weighted by molar-refractivity contribution is 0.0945. The Kier molecular flexibility index (Phi) is 4.24. The summed E-state index contributed by atoms with van der Waals surface area (Å²) >= 11 is 0. The van der Waals surface area contributed by atoms with Crippen LogP contribution in [0.2, 0.25) is 0 Å². The molecular formula is C12H14FN5O2. The summed E-state index contributed by atoms with van der Waals surface area (Å²) in [5.74, 6) is -0.464. The first-order valence-electron chi connectivity index (χ1n) is 6.07. The van der Waals surface area contributed by atoms with Gasteiger partial charge in [0.25, 0.3) is 5.91 Å². The number of pyridine rings is 1. The number of nitrogens with zero attached hydrogens (tertiary/aromatic N) is 3. The second kappa shape index (κ2) is 6.09. The average molecular weight is 279 g/mol. The van der Waals surface area contributed by atoms with Crippen LogP contribution in [0.15, 0.2) is 16.8 Å². The van der Waals surface area contributed by atoms with Crippen molar-refractivity contribution >= 4 is 11.7 Å². The van der Waals surface area contributed by atoms with Crippen molar-refractivity contribution in [2.75, 3.05) is 11.9 Å². The quantitative estimate of drug-likeness (QED) is 0.856. The molecule has 0 atom stereocenters. The third-order valence-corrected chi connectivity index (χ3v) is 2.45. The second-order valence-corrected chi connectivity index (χ2v) is 3.96. The number of carbonyl (C=O) groups is 1. The molecule has 0 spiro atoms. The Labute approximate surface area is 114 Å². The largest absolute Gasteiger partial charge is 0.368 e. The first-order valence-corrected chi connectivity index (χ1v) is 6.07. The highest BCUT2D eigenvalue weighted by atomic mass is 19.1. The molecule has 8 heteroatoms. The van der Waals surface area contributed by atoms with Crippen LogP contribution in [0.5, 0.6) is 0 Å². The highest BCUT2D eigenvalue weighted by Gasteiger charge is 2.16. The van der Waals surface area contributed by atoms with Gasteiger partial charge < -0.3 is 15.2 Å². The molecule has 0 unspecified atom stereocenters. The fourth-order valence-corrected chi connectivity index (χ4v) is 1.58. The van der Waals surface area contributed by atoms with Crippen molar-refractivity contribution in [1.82, 2.24) is 20.4 Å². The number of rotatable bonds is 5. The molecule has 0 fully saturated rings. The number of amides is 1. The van der Waals surface area contributed by atoms with Crippen LogP contribution in [0, 0.1) is 12.7 Å². The molecule has 0 aliphatic rings. The number of carbonyl (C=O) groups excluding carboxylic acids is 1. The van der Waals surface area contributed by atoms with E-state index < -0.39 is 11.7 Å². The summed E-state index contributed by atoms with van der Waals surface area (Å²) in [4.78, 5) is 19.7. The summed E-state index contributed by atoms with van der Waals surface area (Å²) in [5, 5.41) is 8.89. The van der Waals surface area contributed by atoms with Crippen molar-refractivity contribution in [3.63, 3.8) is 0 Å². The van der Waals surface area contributed by atoms with Gasteiger partial charge in [-0.2, -0.15) is 4.98 Å². The number of nitrogens with one attached hydrogen (secondary N) is 2. The van der Waals surface area contributed by atoms with Crippen LogP contribution in [0.4, 0.5) is 10.2 Å². The van der Waals surface area contributed by atoms with Crippen LogP contribution in [0.1, 0.15) is 29.0 Å². The van der Waals surface area contributed by atoms with E-state index in [1.807, 2.05) is 6.92 Å². The van der Waals surface area contributed by atoms with E-state index >= 15 is 0 Å². The van der Waals surface area contributed by atoms with E-state index in [1.165, 1.54) is 12.3 Å². The molecule has 0 radical (unpaired) electrons. The van der Waals surface area contributed by atoms with Crippen molar-refractivity contribution in [2.24, 2.45) is 0 Å². The zero-order valence-electron chi connectivity index (χ0n) is 11.1. The van der Waals surface area contributed by atoms with Gasteiger partial charge in [-0.05, 0) is 13.0 Å². The van der Waals surface area contributed by atoms with E-state index in [1.54, 1.807) is 6.92 Å². The standard InChI is InChI=1S/C12H14FN5O2/c1-3-14-11-10(13)8(4-5-15-11)12(19)16-6-9-17-7(2)20-18-9/h4-5H,3,6H2,1-2H3,(H,14,15)(H,16,19). The van der Waals surface area contributed by atoms with Crippen LogP contribution >= 0.6 is 0 Å². The minimum Gasteiger partial charge on any atom is -0.368 e. The first-order chi connectivity index (χ1) is 9.61. The monoisotopic (exact) mass is 279 g/mol. The fourth-order valence-electron chi connectivity index (χ4n) is 1.58. The molecule has 0 aliphatic heterocycles. The summed E-state index contributed by atoms with van der Waals surface area (Å²) in [6.07, 6.45) is 1.37. The van der Waals surface area contributed by atoms with E-state index in [-0.39, 0.29) is 17.9 Å². The fraction of sp³-hybridized carbons (Fsp3) is 0.333. The Balaban J connectivity index is 2.07. The lowest BCUT2D eigenvalue weighted by atomic mass is 10.2. The van der Waals surface area contributed by atoms with Crippen LogP contribution in [-0.4, -0.2) is 27.6 Å². The van der Waals surface area contributed by atoms with E-state index in [9.17, 15) is 9.18 Å². The number of hydrogen-bond acceptors (Lipinski definition) is 6. The molecule has 7 nitrogen and oxygen atoms in total. The van der Waals surface area contributed by atoms with Crippen LogP contribution < -0.4 is 10.6 Å². The Morgan fingerprint density at radius 1 is 1.50 bits per heavy atom. The Morgan fingerprint density at radius 3 is 2.95 bits per heavy atom. The van der Waals surface area contributed by atoms with Gasteiger partial charge in [0.1, 0.15) is 0 Å². The molecule has 2 rings (SSSR count). The average Bonchev–Trinajstić information content (AvgIpc) is 2.84. The van der Waals surface area contributed by atoms with Crippen LogP contribution in [0.3, 0.4) is 0 Å². The Morgan fingerprint density at radius 2 is 2.30 bits per heavy atom. The van der Waals surface area contributed by atoms with Gasteiger partial charge in [-0.25, -0.2) is 9.37 Å². The third kappa shape index (κ3) is 3.08. The highest BCUT2D eigenvalue weighted by molar-refractivity contribution is 5.95. The van der Waals surface area contributed by atoms with Gasteiger partial charge in [-0.3, -0.25) is 4.79 Å². The molecule has 2 N–H and O–H groups in total. The van der Waals surface area contributed by atoms with Gasteiger partial charge in [-0.15, -0.1) is 0 Å². The van der Waals surface area contributed by atoms with Gasteiger partial charge in [0.2, 0.25) is 5.89 Å². The van der Waals surface area contributed by atoms with E-state index in [0.29, 0.717) is 18.3 Å². The maximum Gasteiger partial charge on any atom is 0.254 e. The van der Waals surface area contributed by atoms with Crippen molar-refractivity contribution in [2.45, 2.75) is 20.4 Å². The summed E-state index contributed by atoms with van der Waals surface area (Å²) in [6, 6.07) is 1.31. The van der Waals surface area contributed by atoms with Crippen molar-refractivity contribution < 1.29 is 13.7 Å². The van der Waals surface area contributed by atoms with Crippen molar-refractivity contribution in [1.29, 1.82) is 0 Å². The number of halogens is 1. The van der Waals surface area contributed by atoms with Crippen LogP contribution in [0.25, 0.3) is 0 Å². The number of aromatic nitrogens is 3. The molecule has 0 saturated heterocycles. The molecule has 2 aromatic rings. The molecule has 0 bridgehead atoms. The van der Waals surface area contributed by atoms with Crippen molar-refractivity contribution in [3.05, 3.63) is 35.4 Å². The van der Waals surface area contributed by atoms with Gasteiger partial charge in [-0.1, -0.05) is 5.16 Å². The van der Waals surface area contributed by atoms with Crippen LogP contribution in [-0.2, 0) is 6.54 Å². The lowest BCUT2D eigenvalue weighted by Crippen LogP contribution is -2.25. The van der Waals surface area contributed by atoms with Crippen molar-refractivity contribution in [3.8, 4) is 0 Å². The predicted octanol–water partition coefficient (Wildman–Crippen LogP) is 1.27. The maximum atomic E-state index is 14.0. The molecule has 1 amide bonds. The molecule has 0 aliphatic carbocycles. The SMILES string of the molecule is CCNc1nccc(C(=O)NCc2noc(C)n2)c1F. The van der Waals surface area contributed by atoms with E-state index in [4.69, 9.17) is 4.52 Å². The Bertz CT molecular complexity index is 614. The topological polar surface area (TPSA) is 92.9 Å². The van der Waals surface area contributed by atoms with Gasteiger partial charge in [0.15, 0.2) is 17.5 Å². The number of aryl methyl sites for hydroxylation is 1. The molecule has 2 aromatic heterocycles. The minimum absolute atomic E-state index is 0.0514. The predicted molar refractivity (Wildman–Crippen MR) is 68.6 cm³/mol. The maximum absolute atomic E-state index is 14.0. The van der Waals surface area contributed by atoms with Gasteiger partial charge in [0.05, 0.1) is 12.1 Å². The second-order valence-electron chi connectivity index (χ2n) is 3.96. The normalized spacial score (nSPS) is 10.3. The smallest absolute Gasteiger partial charge is 0.254 e. The van der Waals surface area contributed by atoms with Gasteiger partial charge >= 0.3 is 0 Å². The lowest BCUT2D eigenvalue weighted by Gasteiger charge is -2.08. The zero-order valence-corrected chi connectivity index (χ0v) is 11.1. The summed E-state index contributed by atoms with van der Waals surface area (Å²) in [6.45, 7) is 4.03. The number of anilines is 1. The zero-order chi connectivity index (χ0) is 14.5. The molecule has 0 saturated carbocycles. The summed E-state index contributed by atoms with van der Waals surface area (Å²) < 4.78 is 18.8.